The van der Waals surface area contributed by atoms with E-state index in [0.717, 1.165) is 21.0 Å². The molecule has 2 bridgehead atoms. The topological polar surface area (TPSA) is 44.8 Å². The van der Waals surface area contributed by atoms with Crippen molar-refractivity contribution in [3.63, 3.8) is 0 Å². The Morgan fingerprint density at radius 2 is 2.08 bits per heavy atom. The Morgan fingerprint density at radius 3 is 2.72 bits per heavy atom. The second kappa shape index (κ2) is 8.82. The van der Waals surface area contributed by atoms with Crippen LogP contribution in [0.2, 0.25) is 0 Å². The molecule has 0 N–H and O–H groups in total. The van der Waals surface area contributed by atoms with E-state index >= 15 is 0 Å². The van der Waals surface area contributed by atoms with Crippen molar-refractivity contribution >= 4 is 28.6 Å². The summed E-state index contributed by atoms with van der Waals surface area (Å²) in [6.07, 6.45) is 5.04. The van der Waals surface area contributed by atoms with Crippen LogP contribution in [0.5, 0.6) is 0 Å². The van der Waals surface area contributed by atoms with Crippen molar-refractivity contribution in [1.82, 2.24) is 0 Å². The highest BCUT2D eigenvalue weighted by molar-refractivity contribution is 14.1. The highest BCUT2D eigenvalue weighted by Gasteiger charge is 2.40. The second-order valence-corrected chi connectivity index (χ2v) is 8.51. The summed E-state index contributed by atoms with van der Waals surface area (Å²) < 4.78 is 17.8. The maximum absolute atomic E-state index is 12.5. The predicted molar refractivity (Wildman–Crippen MR) is 104 cm³/mol. The quantitative estimate of drug-likeness (QED) is 0.322. The van der Waals surface area contributed by atoms with Gasteiger partial charge in [-0.3, -0.25) is 4.79 Å². The number of hydrogen-bond acceptors (Lipinski definition) is 4. The molecule has 2 aliphatic rings. The van der Waals surface area contributed by atoms with E-state index in [1.807, 2.05) is 31.2 Å². The highest BCUT2D eigenvalue weighted by atomic mass is 127. The molecule has 2 saturated carbocycles. The number of carbonyl (C=O) groups excluding carboxylic acids is 1. The standard InChI is InChI=1S/C20H27IO4/c1-13(20(24-12-23-2)17-5-3-4-6-18(17)21)25-19(22)11-16-10-14-7-8-15(16)9-14/h3-6,13-16,20H,7-12H2,1-2H3/t13-,14?,15?,16?,20+/m0/s1. The first kappa shape index (κ1) is 19.1. The van der Waals surface area contributed by atoms with Crippen molar-refractivity contribution in [2.45, 2.75) is 51.2 Å². The first-order chi connectivity index (χ1) is 12.1. The number of ether oxygens (including phenoxy) is 3. The van der Waals surface area contributed by atoms with E-state index < -0.39 is 0 Å². The monoisotopic (exact) mass is 458 g/mol. The van der Waals surface area contributed by atoms with E-state index in [4.69, 9.17) is 14.2 Å². The second-order valence-electron chi connectivity index (χ2n) is 7.35. The number of carbonyl (C=O) groups is 1. The molecule has 0 amide bonds. The first-order valence-electron chi connectivity index (χ1n) is 9.13. The van der Waals surface area contributed by atoms with Crippen molar-refractivity contribution in [3.05, 3.63) is 33.4 Å². The van der Waals surface area contributed by atoms with Crippen LogP contribution < -0.4 is 0 Å². The van der Waals surface area contributed by atoms with Crippen LogP contribution in [0.25, 0.3) is 0 Å². The molecule has 0 saturated heterocycles. The highest BCUT2D eigenvalue weighted by Crippen LogP contribution is 2.49. The largest absolute Gasteiger partial charge is 0.460 e. The minimum absolute atomic E-state index is 0.0954. The summed E-state index contributed by atoms with van der Waals surface area (Å²) in [5.41, 5.74) is 1.03. The van der Waals surface area contributed by atoms with Crippen LogP contribution in [0.15, 0.2) is 24.3 Å². The molecule has 0 aliphatic heterocycles. The van der Waals surface area contributed by atoms with Crippen molar-refractivity contribution < 1.29 is 19.0 Å². The molecular weight excluding hydrogens is 431 g/mol. The molecule has 3 rings (SSSR count). The van der Waals surface area contributed by atoms with E-state index in [1.165, 1.54) is 25.7 Å². The lowest BCUT2D eigenvalue weighted by atomic mass is 9.86. The summed E-state index contributed by atoms with van der Waals surface area (Å²) >= 11 is 2.29. The molecule has 0 aromatic heterocycles. The number of rotatable bonds is 8. The fourth-order valence-electron chi connectivity index (χ4n) is 4.48. The zero-order valence-corrected chi connectivity index (χ0v) is 17.1. The van der Waals surface area contributed by atoms with Crippen LogP contribution in [0.4, 0.5) is 0 Å². The van der Waals surface area contributed by atoms with Crippen LogP contribution in [0.1, 0.15) is 50.7 Å². The van der Waals surface area contributed by atoms with Crippen molar-refractivity contribution in [3.8, 4) is 0 Å². The minimum Gasteiger partial charge on any atom is -0.460 e. The van der Waals surface area contributed by atoms with Crippen LogP contribution in [-0.4, -0.2) is 26.0 Å². The predicted octanol–water partition coefficient (Wildman–Crippen LogP) is 4.71. The van der Waals surface area contributed by atoms with E-state index in [2.05, 4.69) is 22.6 Å². The molecule has 4 nitrogen and oxygen atoms in total. The lowest BCUT2D eigenvalue weighted by Crippen LogP contribution is -2.27. The molecule has 1 aromatic carbocycles. The maximum Gasteiger partial charge on any atom is 0.306 e. The van der Waals surface area contributed by atoms with Gasteiger partial charge >= 0.3 is 5.97 Å². The molecule has 0 spiro atoms. The number of halogens is 1. The lowest BCUT2D eigenvalue weighted by Gasteiger charge is -2.27. The van der Waals surface area contributed by atoms with Crippen molar-refractivity contribution in [1.29, 1.82) is 0 Å². The van der Waals surface area contributed by atoms with Gasteiger partial charge in [0.05, 0.1) is 0 Å². The number of benzene rings is 1. The normalized spacial score (nSPS) is 27.2. The Morgan fingerprint density at radius 1 is 1.28 bits per heavy atom. The van der Waals surface area contributed by atoms with E-state index in [1.54, 1.807) is 7.11 Å². The third-order valence-corrected chi connectivity index (χ3v) is 6.62. The van der Waals surface area contributed by atoms with Gasteiger partial charge in [0.25, 0.3) is 0 Å². The molecule has 138 valence electrons. The molecule has 5 heteroatoms. The van der Waals surface area contributed by atoms with Crippen LogP contribution in [0.3, 0.4) is 0 Å². The van der Waals surface area contributed by atoms with Crippen LogP contribution >= 0.6 is 22.6 Å². The number of fused-ring (bicyclic) bond motifs is 2. The average molecular weight is 458 g/mol. The molecular formula is C20H27IO4. The summed E-state index contributed by atoms with van der Waals surface area (Å²) in [5, 5.41) is 0. The lowest BCUT2D eigenvalue weighted by molar-refractivity contribution is -0.165. The van der Waals surface area contributed by atoms with Gasteiger partial charge in [0.15, 0.2) is 0 Å². The maximum atomic E-state index is 12.5. The first-order valence-corrected chi connectivity index (χ1v) is 10.2. The molecule has 1 aromatic rings. The van der Waals surface area contributed by atoms with Crippen molar-refractivity contribution in [2.24, 2.45) is 17.8 Å². The Balaban J connectivity index is 1.60. The third-order valence-electron chi connectivity index (χ3n) is 5.63. The van der Waals surface area contributed by atoms with Crippen LogP contribution in [0, 0.1) is 21.3 Å². The Bertz CT molecular complexity index is 591. The average Bonchev–Trinajstić information content (AvgIpc) is 3.19. The van der Waals surface area contributed by atoms with E-state index in [-0.39, 0.29) is 25.0 Å². The van der Waals surface area contributed by atoms with Crippen LogP contribution in [-0.2, 0) is 19.0 Å². The van der Waals surface area contributed by atoms with Gasteiger partial charge in [-0.2, -0.15) is 0 Å². The summed E-state index contributed by atoms with van der Waals surface area (Å²) in [6.45, 7) is 2.08. The fourth-order valence-corrected chi connectivity index (χ4v) is 5.18. The smallest absolute Gasteiger partial charge is 0.306 e. The van der Waals surface area contributed by atoms with Gasteiger partial charge in [-0.15, -0.1) is 0 Å². The molecule has 0 radical (unpaired) electrons. The number of methoxy groups -OCH3 is 1. The summed E-state index contributed by atoms with van der Waals surface area (Å²) in [4.78, 5) is 12.5. The molecule has 2 fully saturated rings. The minimum atomic E-state index is -0.350. The summed E-state index contributed by atoms with van der Waals surface area (Å²) in [7, 11) is 1.60. The summed E-state index contributed by atoms with van der Waals surface area (Å²) in [6, 6.07) is 8.01. The van der Waals surface area contributed by atoms with Gasteiger partial charge in [0, 0.05) is 17.1 Å². The molecule has 3 unspecified atom stereocenters. The summed E-state index contributed by atoms with van der Waals surface area (Å²) in [5.74, 6) is 2.02. The zero-order valence-electron chi connectivity index (χ0n) is 14.9. The fraction of sp³-hybridized carbons (Fsp3) is 0.650. The van der Waals surface area contributed by atoms with Gasteiger partial charge in [0.1, 0.15) is 19.0 Å². The number of hydrogen-bond donors (Lipinski definition) is 0. The van der Waals surface area contributed by atoms with Crippen molar-refractivity contribution in [2.75, 3.05) is 13.9 Å². The van der Waals surface area contributed by atoms with E-state index in [0.29, 0.717) is 12.3 Å². The molecule has 0 heterocycles. The van der Waals surface area contributed by atoms with Gasteiger partial charge in [-0.05, 0) is 78.2 Å². The Labute approximate surface area is 163 Å². The zero-order chi connectivity index (χ0) is 17.8. The third kappa shape index (κ3) is 4.74. The van der Waals surface area contributed by atoms with Gasteiger partial charge in [0.2, 0.25) is 0 Å². The molecule has 2 aliphatic carbocycles. The van der Waals surface area contributed by atoms with E-state index in [9.17, 15) is 4.79 Å². The van der Waals surface area contributed by atoms with Gasteiger partial charge in [-0.25, -0.2) is 0 Å². The Hall–Kier alpha value is -0.660. The SMILES string of the molecule is COCO[C@@H](c1ccccc1I)[C@H](C)OC(=O)CC1CC2CCC1C2. The molecule has 25 heavy (non-hydrogen) atoms. The molecule has 5 atom stereocenters. The van der Waals surface area contributed by atoms with Gasteiger partial charge < -0.3 is 14.2 Å². The van der Waals surface area contributed by atoms with Gasteiger partial charge in [-0.1, -0.05) is 24.6 Å². The Kier molecular flexibility index (Phi) is 6.74. The number of esters is 1.